The van der Waals surface area contributed by atoms with Crippen molar-refractivity contribution in [2.75, 3.05) is 5.32 Å². The predicted molar refractivity (Wildman–Crippen MR) is 86.9 cm³/mol. The van der Waals surface area contributed by atoms with Crippen LogP contribution in [0.3, 0.4) is 0 Å². The van der Waals surface area contributed by atoms with Crippen molar-refractivity contribution in [1.82, 2.24) is 25.2 Å². The van der Waals surface area contributed by atoms with Gasteiger partial charge in [-0.25, -0.2) is 0 Å². The number of carbonyl (C=O) groups is 2. The van der Waals surface area contributed by atoms with E-state index in [2.05, 4.69) is 25.7 Å². The van der Waals surface area contributed by atoms with Gasteiger partial charge in [-0.2, -0.15) is 4.80 Å². The molecule has 0 unspecified atom stereocenters. The van der Waals surface area contributed by atoms with E-state index in [1.165, 1.54) is 10.9 Å². The van der Waals surface area contributed by atoms with Gasteiger partial charge in [0.25, 0.3) is 0 Å². The number of rotatable bonds is 5. The average molecular weight is 345 g/mol. The third-order valence-electron chi connectivity index (χ3n) is 3.18. The molecule has 0 aliphatic heterocycles. The van der Waals surface area contributed by atoms with Gasteiger partial charge in [-0.05, 0) is 42.5 Å². The van der Waals surface area contributed by atoms with Gasteiger partial charge < -0.3 is 10.3 Å². The SMILES string of the molecule is Cc1nnn(CC(=O)Nc2ccc(Cl)cc2C(=O)c2ccc[nH]2)n1. The molecule has 0 atom stereocenters. The molecule has 122 valence electrons. The highest BCUT2D eigenvalue weighted by Crippen LogP contribution is 2.23. The van der Waals surface area contributed by atoms with Gasteiger partial charge in [-0.15, -0.1) is 10.2 Å². The van der Waals surface area contributed by atoms with Gasteiger partial charge in [0.1, 0.15) is 6.54 Å². The lowest BCUT2D eigenvalue weighted by Crippen LogP contribution is -2.22. The smallest absolute Gasteiger partial charge is 0.248 e. The van der Waals surface area contributed by atoms with Gasteiger partial charge in [0.05, 0.1) is 11.4 Å². The number of nitrogens with one attached hydrogen (secondary N) is 2. The van der Waals surface area contributed by atoms with Crippen LogP contribution in [0.5, 0.6) is 0 Å². The van der Waals surface area contributed by atoms with Crippen LogP contribution < -0.4 is 5.32 Å². The molecule has 0 saturated heterocycles. The molecule has 2 aromatic heterocycles. The van der Waals surface area contributed by atoms with Crippen LogP contribution >= 0.6 is 11.6 Å². The summed E-state index contributed by atoms with van der Waals surface area (Å²) in [6.07, 6.45) is 1.65. The van der Waals surface area contributed by atoms with Crippen molar-refractivity contribution >= 4 is 29.0 Å². The first kappa shape index (κ1) is 15.9. The number of aryl methyl sites for hydroxylation is 1. The second-order valence-corrected chi connectivity index (χ2v) is 5.45. The number of anilines is 1. The highest BCUT2D eigenvalue weighted by molar-refractivity contribution is 6.31. The fraction of sp³-hybridized carbons (Fsp3) is 0.133. The van der Waals surface area contributed by atoms with Crippen LogP contribution in [-0.2, 0) is 11.3 Å². The predicted octanol–water partition coefficient (Wildman–Crippen LogP) is 1.83. The fourth-order valence-corrected chi connectivity index (χ4v) is 2.31. The van der Waals surface area contributed by atoms with Crippen molar-refractivity contribution < 1.29 is 9.59 Å². The number of aromatic amines is 1. The summed E-state index contributed by atoms with van der Waals surface area (Å²) in [6.45, 7) is 1.56. The van der Waals surface area contributed by atoms with Crippen LogP contribution in [0.1, 0.15) is 21.9 Å². The van der Waals surface area contributed by atoms with Gasteiger partial charge in [0.2, 0.25) is 11.7 Å². The summed E-state index contributed by atoms with van der Waals surface area (Å²) in [5, 5.41) is 14.4. The van der Waals surface area contributed by atoms with E-state index in [1.54, 1.807) is 37.4 Å². The van der Waals surface area contributed by atoms with Gasteiger partial charge in [0.15, 0.2) is 5.82 Å². The summed E-state index contributed by atoms with van der Waals surface area (Å²) in [5.74, 6) is -0.181. The van der Waals surface area contributed by atoms with Crippen molar-refractivity contribution in [2.45, 2.75) is 13.5 Å². The van der Waals surface area contributed by atoms with Crippen molar-refractivity contribution in [2.24, 2.45) is 0 Å². The minimum absolute atomic E-state index is 0.112. The first-order valence-corrected chi connectivity index (χ1v) is 7.42. The molecule has 0 aliphatic carbocycles. The Morgan fingerprint density at radius 1 is 1.33 bits per heavy atom. The average Bonchev–Trinajstić information content (AvgIpc) is 3.20. The molecule has 3 aromatic rings. The number of aromatic nitrogens is 5. The molecular formula is C15H13ClN6O2. The zero-order chi connectivity index (χ0) is 17.1. The molecule has 3 rings (SSSR count). The second kappa shape index (κ2) is 6.63. The van der Waals surface area contributed by atoms with E-state index < -0.39 is 0 Å². The van der Waals surface area contributed by atoms with Crippen molar-refractivity contribution in [3.63, 3.8) is 0 Å². The summed E-state index contributed by atoms with van der Waals surface area (Å²) in [6, 6.07) is 8.06. The van der Waals surface area contributed by atoms with Gasteiger partial charge in [0, 0.05) is 16.8 Å². The standard InChI is InChI=1S/C15H13ClN6O2/c1-9-19-21-22(20-9)8-14(23)18-12-5-4-10(16)7-11(12)15(24)13-3-2-6-17-13/h2-7,17H,8H2,1H3,(H,18,23). The Bertz CT molecular complexity index is 887. The topological polar surface area (TPSA) is 106 Å². The Labute approximate surface area is 141 Å². The molecule has 0 fully saturated rings. The maximum Gasteiger partial charge on any atom is 0.248 e. The Balaban J connectivity index is 1.82. The van der Waals surface area contributed by atoms with Gasteiger partial charge in [-0.3, -0.25) is 9.59 Å². The molecule has 0 radical (unpaired) electrons. The van der Waals surface area contributed by atoms with Crippen molar-refractivity contribution in [3.8, 4) is 0 Å². The molecule has 2 heterocycles. The van der Waals surface area contributed by atoms with Crippen LogP contribution in [0.2, 0.25) is 5.02 Å². The number of nitrogens with zero attached hydrogens (tertiary/aromatic N) is 4. The van der Waals surface area contributed by atoms with Crippen LogP contribution in [0.4, 0.5) is 5.69 Å². The van der Waals surface area contributed by atoms with E-state index >= 15 is 0 Å². The lowest BCUT2D eigenvalue weighted by molar-refractivity contribution is -0.117. The van der Waals surface area contributed by atoms with Crippen molar-refractivity contribution in [1.29, 1.82) is 0 Å². The largest absolute Gasteiger partial charge is 0.359 e. The van der Waals surface area contributed by atoms with Gasteiger partial charge in [-0.1, -0.05) is 11.6 Å². The molecule has 1 aromatic carbocycles. The summed E-state index contributed by atoms with van der Waals surface area (Å²) in [4.78, 5) is 28.7. The molecular weight excluding hydrogens is 332 g/mol. The molecule has 24 heavy (non-hydrogen) atoms. The highest BCUT2D eigenvalue weighted by atomic mass is 35.5. The number of hydrogen-bond donors (Lipinski definition) is 2. The maximum atomic E-state index is 12.5. The first-order valence-electron chi connectivity index (χ1n) is 7.05. The normalized spacial score (nSPS) is 10.6. The van der Waals surface area contributed by atoms with E-state index in [0.29, 0.717) is 27.8 Å². The number of benzene rings is 1. The number of ketones is 1. The summed E-state index contributed by atoms with van der Waals surface area (Å²) in [7, 11) is 0. The lowest BCUT2D eigenvalue weighted by atomic mass is 10.1. The van der Waals surface area contributed by atoms with Crippen molar-refractivity contribution in [3.05, 3.63) is 58.6 Å². The number of carbonyl (C=O) groups excluding carboxylic acids is 2. The molecule has 0 spiro atoms. The van der Waals surface area contributed by atoms with Crippen LogP contribution in [0.15, 0.2) is 36.5 Å². The third kappa shape index (κ3) is 3.49. The molecule has 8 nitrogen and oxygen atoms in total. The Morgan fingerprint density at radius 3 is 2.83 bits per heavy atom. The quantitative estimate of drug-likeness (QED) is 0.687. The minimum Gasteiger partial charge on any atom is -0.359 e. The molecule has 9 heteroatoms. The summed E-state index contributed by atoms with van der Waals surface area (Å²) >= 11 is 5.98. The zero-order valence-electron chi connectivity index (χ0n) is 12.7. The van der Waals surface area contributed by atoms with Gasteiger partial charge >= 0.3 is 0 Å². The minimum atomic E-state index is -0.379. The summed E-state index contributed by atoms with van der Waals surface area (Å²) < 4.78 is 0. The van der Waals surface area contributed by atoms with E-state index in [9.17, 15) is 9.59 Å². The van der Waals surface area contributed by atoms with E-state index in [4.69, 9.17) is 11.6 Å². The molecule has 0 saturated carbocycles. The Hall–Kier alpha value is -3.00. The molecule has 0 bridgehead atoms. The summed E-state index contributed by atoms with van der Waals surface area (Å²) in [5.41, 5.74) is 1.06. The fourth-order valence-electron chi connectivity index (χ4n) is 2.14. The molecule has 2 N–H and O–H groups in total. The van der Waals surface area contributed by atoms with Crippen LogP contribution in [0.25, 0.3) is 0 Å². The van der Waals surface area contributed by atoms with Crippen LogP contribution in [0, 0.1) is 6.92 Å². The number of tetrazole rings is 1. The Morgan fingerprint density at radius 2 is 2.17 bits per heavy atom. The number of halogens is 1. The molecule has 0 aliphatic rings. The maximum absolute atomic E-state index is 12.5. The monoisotopic (exact) mass is 344 g/mol. The third-order valence-corrected chi connectivity index (χ3v) is 3.42. The van der Waals surface area contributed by atoms with E-state index in [0.717, 1.165) is 0 Å². The second-order valence-electron chi connectivity index (χ2n) is 5.02. The van der Waals surface area contributed by atoms with E-state index in [-0.39, 0.29) is 18.2 Å². The van der Waals surface area contributed by atoms with E-state index in [1.807, 2.05) is 0 Å². The first-order chi connectivity index (χ1) is 11.5. The number of hydrogen-bond acceptors (Lipinski definition) is 5. The zero-order valence-corrected chi connectivity index (χ0v) is 13.4. The molecule has 1 amide bonds. The van der Waals surface area contributed by atoms with Crippen LogP contribution in [-0.4, -0.2) is 36.9 Å². The Kier molecular flexibility index (Phi) is 4.39. The highest BCUT2D eigenvalue weighted by Gasteiger charge is 2.17. The number of H-pyrrole nitrogens is 1. The lowest BCUT2D eigenvalue weighted by Gasteiger charge is -2.10. The number of amides is 1.